The van der Waals surface area contributed by atoms with Gasteiger partial charge in [-0.1, -0.05) is 96.6 Å². The molecule has 1 saturated carbocycles. The molecule has 2 heterocycles. The molecule has 1 aromatic carbocycles. The van der Waals surface area contributed by atoms with E-state index in [1.165, 1.54) is 16.8 Å². The molecule has 3 fully saturated rings. The number of unbranched alkanes of at least 4 members (excludes halogenated alkanes) is 3. The molecule has 390 valence electrons. The third kappa shape index (κ3) is 18.1. The third-order valence-electron chi connectivity index (χ3n) is 12.8. The average Bonchev–Trinajstić information content (AvgIpc) is 3.30. The first-order chi connectivity index (χ1) is 33.2. The lowest BCUT2D eigenvalue weighted by Crippen LogP contribution is -2.63. The molecule has 0 radical (unpaired) electrons. The van der Waals surface area contributed by atoms with Crippen LogP contribution >= 0.6 is 0 Å². The summed E-state index contributed by atoms with van der Waals surface area (Å²) in [5.74, 6) is -6.98. The summed E-state index contributed by atoms with van der Waals surface area (Å²) in [4.78, 5) is 127. The summed E-state index contributed by atoms with van der Waals surface area (Å²) in [5, 5.41) is 15.9. The number of rotatable bonds is 15. The van der Waals surface area contributed by atoms with E-state index in [0.717, 1.165) is 38.5 Å². The van der Waals surface area contributed by atoms with E-state index in [2.05, 4.69) is 38.8 Å². The molecule has 3 aliphatic rings. The third-order valence-corrected chi connectivity index (χ3v) is 12.8. The van der Waals surface area contributed by atoms with Crippen molar-refractivity contribution in [3.8, 4) is 0 Å². The molecular weight excluding hydrogens is 905 g/mol. The van der Waals surface area contributed by atoms with E-state index in [0.29, 0.717) is 31.2 Å². The van der Waals surface area contributed by atoms with Crippen LogP contribution in [0.3, 0.4) is 0 Å². The molecule has 1 aromatic rings. The van der Waals surface area contributed by atoms with Crippen molar-refractivity contribution in [2.75, 3.05) is 39.8 Å². The summed E-state index contributed by atoms with van der Waals surface area (Å²) in [6, 6.07) is 3.55. The Morgan fingerprint density at radius 3 is 2.11 bits per heavy atom. The Morgan fingerprint density at radius 1 is 0.829 bits per heavy atom. The normalized spacial score (nSPS) is 24.1. The number of likely N-dealkylation sites (tertiary alicyclic amines) is 1. The van der Waals surface area contributed by atoms with Gasteiger partial charge >= 0.3 is 18.2 Å². The van der Waals surface area contributed by atoms with E-state index in [4.69, 9.17) is 14.2 Å². The van der Waals surface area contributed by atoms with Crippen molar-refractivity contribution in [1.29, 1.82) is 0 Å². The Bertz CT molecular complexity index is 1950. The summed E-state index contributed by atoms with van der Waals surface area (Å²) in [7, 11) is 1.52. The van der Waals surface area contributed by atoms with Crippen LogP contribution in [0.5, 0.6) is 0 Å². The molecule has 70 heavy (non-hydrogen) atoms. The molecule has 6 atom stereocenters. The lowest BCUT2D eigenvalue weighted by Gasteiger charge is -2.38. The zero-order valence-corrected chi connectivity index (χ0v) is 42.4. The van der Waals surface area contributed by atoms with Crippen molar-refractivity contribution >= 4 is 53.6 Å². The largest absolute Gasteiger partial charge is 0.460 e. The highest BCUT2D eigenvalue weighted by Gasteiger charge is 2.41. The maximum absolute atomic E-state index is 14.6. The van der Waals surface area contributed by atoms with Crippen molar-refractivity contribution < 1.29 is 57.4 Å². The first kappa shape index (κ1) is 56.6. The highest BCUT2D eigenvalue weighted by atomic mass is 16.6. The molecule has 4 rings (SSSR count). The van der Waals surface area contributed by atoms with Crippen molar-refractivity contribution in [2.24, 2.45) is 23.7 Å². The number of cyclic esters (lactones) is 1. The number of amides is 8. The van der Waals surface area contributed by atoms with Gasteiger partial charge in [-0.3, -0.25) is 33.6 Å². The van der Waals surface area contributed by atoms with Crippen LogP contribution in [-0.2, 0) is 54.4 Å². The molecule has 0 unspecified atom stereocenters. The van der Waals surface area contributed by atoms with Gasteiger partial charge < -0.3 is 55.9 Å². The topological polar surface area (TPSA) is 260 Å². The monoisotopic (exact) mass is 983 g/mol. The first-order valence-electron chi connectivity index (χ1n) is 25.0. The Balaban J connectivity index is 1.69. The van der Waals surface area contributed by atoms with Gasteiger partial charge in [-0.15, -0.1) is 0 Å². The second-order valence-corrected chi connectivity index (χ2v) is 20.3. The Labute approximate surface area is 412 Å². The van der Waals surface area contributed by atoms with Gasteiger partial charge in [-0.2, -0.15) is 0 Å². The molecule has 6 N–H and O–H groups in total. The summed E-state index contributed by atoms with van der Waals surface area (Å²) < 4.78 is 16.7. The van der Waals surface area contributed by atoms with Crippen molar-refractivity contribution in [3.63, 3.8) is 0 Å². The molecule has 0 bridgehead atoms. The van der Waals surface area contributed by atoms with Gasteiger partial charge in [0, 0.05) is 26.7 Å². The van der Waals surface area contributed by atoms with Crippen LogP contribution in [-0.4, -0.2) is 139 Å². The first-order valence-corrected chi connectivity index (χ1v) is 25.0. The lowest BCUT2D eigenvalue weighted by molar-refractivity contribution is -0.157. The number of likely N-dealkylation sites (N-methyl/N-ethyl adjacent to an activating group) is 1. The molecule has 20 heteroatoms. The van der Waals surface area contributed by atoms with E-state index < -0.39 is 121 Å². The molecule has 0 aromatic heterocycles. The predicted octanol–water partition coefficient (Wildman–Crippen LogP) is 3.45. The predicted molar refractivity (Wildman–Crippen MR) is 258 cm³/mol. The molecule has 20 nitrogen and oxygen atoms in total. The number of benzene rings is 1. The smallest absolute Gasteiger partial charge is 0.410 e. The van der Waals surface area contributed by atoms with Crippen molar-refractivity contribution in [2.45, 2.75) is 162 Å². The minimum absolute atomic E-state index is 0.0448. The number of nitrogens with one attached hydrogen (secondary N) is 6. The van der Waals surface area contributed by atoms with E-state index in [9.17, 15) is 43.2 Å². The van der Waals surface area contributed by atoms with Crippen LogP contribution in [0.1, 0.15) is 125 Å². The molecule has 1 aliphatic carbocycles. The van der Waals surface area contributed by atoms with Crippen LogP contribution in [0, 0.1) is 23.7 Å². The quantitative estimate of drug-likeness (QED) is 0.0840. The zero-order chi connectivity index (χ0) is 51.5. The van der Waals surface area contributed by atoms with Crippen LogP contribution in [0.2, 0.25) is 0 Å². The van der Waals surface area contributed by atoms with E-state index in [1.807, 2.05) is 13.8 Å². The van der Waals surface area contributed by atoms with Crippen LogP contribution in [0.4, 0.5) is 9.59 Å². The molecule has 8 amide bonds. The number of hydrogen-bond acceptors (Lipinski definition) is 12. The number of hydrogen-bond donors (Lipinski definition) is 6. The minimum atomic E-state index is -1.57. The molecule has 0 spiro atoms. The van der Waals surface area contributed by atoms with E-state index >= 15 is 0 Å². The van der Waals surface area contributed by atoms with Crippen molar-refractivity contribution in [3.05, 3.63) is 35.9 Å². The Morgan fingerprint density at radius 2 is 1.47 bits per heavy atom. The number of esters is 1. The average molecular weight is 983 g/mol. The molecule has 2 saturated heterocycles. The van der Waals surface area contributed by atoms with Crippen LogP contribution < -0.4 is 31.9 Å². The summed E-state index contributed by atoms with van der Waals surface area (Å²) in [5.41, 5.74) is -0.0517. The van der Waals surface area contributed by atoms with E-state index in [1.54, 1.807) is 58.0 Å². The number of nitrogens with zero attached hydrogens (tertiary/aromatic N) is 2. The van der Waals surface area contributed by atoms with Gasteiger partial charge in [-0.05, 0) is 70.3 Å². The van der Waals surface area contributed by atoms with Crippen LogP contribution in [0.25, 0.3) is 0 Å². The number of carbonyl (C=O) groups excluding carboxylic acids is 9. The number of alkyl carbamates (subject to hydrolysis) is 1. The maximum atomic E-state index is 14.6. The number of carbonyl (C=O) groups is 9. The molecular formula is C50H78N8O12. The van der Waals surface area contributed by atoms with Gasteiger partial charge in [0.2, 0.25) is 35.4 Å². The van der Waals surface area contributed by atoms with E-state index in [-0.39, 0.29) is 38.0 Å². The van der Waals surface area contributed by atoms with Crippen molar-refractivity contribution in [1.82, 2.24) is 41.7 Å². The van der Waals surface area contributed by atoms with Gasteiger partial charge in [-0.25, -0.2) is 9.59 Å². The highest BCUT2D eigenvalue weighted by Crippen LogP contribution is 2.28. The van der Waals surface area contributed by atoms with Gasteiger partial charge in [0.25, 0.3) is 0 Å². The highest BCUT2D eigenvalue weighted by molar-refractivity contribution is 5.97. The second-order valence-electron chi connectivity index (χ2n) is 20.3. The summed E-state index contributed by atoms with van der Waals surface area (Å²) in [6.07, 6.45) is 5.15. The summed E-state index contributed by atoms with van der Waals surface area (Å²) in [6.45, 7) is 11.0. The second kappa shape index (κ2) is 27.4. The van der Waals surface area contributed by atoms with Gasteiger partial charge in [0.05, 0.1) is 18.4 Å². The Hall–Kier alpha value is -5.95. The maximum Gasteiger partial charge on any atom is 0.410 e. The molecule has 2 aliphatic heterocycles. The SMILES string of the molecule is CCCCCC[C@H]1OC(=O)CNC(=O)[C@H](CNC(=O)C2CN(C(=O)OC(C)(C)C)C2)NC(=O)[C@H](CNC(=O)OCc2ccccc2)NC(=O)[C@H](C2CCCCC2)NC(=O)[C@H](CC(C)C)N(C)C(=O)[C@@H]1C. The fourth-order valence-corrected chi connectivity index (χ4v) is 8.69. The van der Waals surface area contributed by atoms with Crippen LogP contribution in [0.15, 0.2) is 30.3 Å². The fraction of sp³-hybridized carbons (Fsp3) is 0.700. The van der Waals surface area contributed by atoms with Gasteiger partial charge in [0.1, 0.15) is 49.0 Å². The Kier molecular flexibility index (Phi) is 22.2. The van der Waals surface area contributed by atoms with Gasteiger partial charge in [0.15, 0.2) is 0 Å². The zero-order valence-electron chi connectivity index (χ0n) is 42.4. The lowest BCUT2D eigenvalue weighted by atomic mass is 9.83. The fourth-order valence-electron chi connectivity index (χ4n) is 8.69. The minimum Gasteiger partial charge on any atom is -0.460 e. The standard InChI is InChI=1S/C50H78N8O12/c1-9-10-11-18-23-39-32(4)47(65)57(8)38(24-31(2)3)45(63)56-41(34-21-16-13-17-22-34)46(64)55-37(26-53-48(66)68-30-33-19-14-12-15-20-33)44(62)54-36(43(61)52-27-40(59)69-39)25-51-42(60)35-28-58(29-35)49(67)70-50(5,6)7/h12,14-15,19-20,31-32,34-39,41H,9-11,13,16-18,21-30H2,1-8H3,(H,51,60)(H,52,61)(H,53,66)(H,54,62)(H,55,64)(H,56,63)/t32-,36+,37+,38+,39-,41+/m1/s1. The summed E-state index contributed by atoms with van der Waals surface area (Å²) >= 11 is 0. The number of ether oxygens (including phenoxy) is 3.